The highest BCUT2D eigenvalue weighted by Crippen LogP contribution is 2.30. The molecule has 7 heteroatoms. The van der Waals surface area contributed by atoms with Gasteiger partial charge in [-0.3, -0.25) is 4.90 Å². The molecule has 1 fully saturated rings. The van der Waals surface area contributed by atoms with Crippen LogP contribution >= 0.6 is 12.4 Å². The van der Waals surface area contributed by atoms with Crippen LogP contribution in [0.2, 0.25) is 0 Å². The largest absolute Gasteiger partial charge is 0.314 e. The highest BCUT2D eigenvalue weighted by Gasteiger charge is 2.29. The Morgan fingerprint density at radius 1 is 1.10 bits per heavy atom. The van der Waals surface area contributed by atoms with Crippen LogP contribution in [0.5, 0.6) is 0 Å². The number of benzene rings is 1. The van der Waals surface area contributed by atoms with Gasteiger partial charge in [0.25, 0.3) is 0 Å². The Labute approximate surface area is 120 Å². The van der Waals surface area contributed by atoms with Crippen molar-refractivity contribution in [1.82, 2.24) is 10.2 Å². The molecule has 1 N–H and O–H groups in total. The van der Waals surface area contributed by atoms with Crippen molar-refractivity contribution in [3.63, 3.8) is 0 Å². The number of nitrogens with one attached hydrogen (secondary N) is 1. The van der Waals surface area contributed by atoms with Gasteiger partial charge < -0.3 is 5.32 Å². The monoisotopic (exact) mass is 310 g/mol. The summed E-state index contributed by atoms with van der Waals surface area (Å²) in [6, 6.07) is -0.668. The van der Waals surface area contributed by atoms with E-state index in [0.717, 1.165) is 0 Å². The van der Waals surface area contributed by atoms with Gasteiger partial charge in [0, 0.05) is 32.2 Å². The molecule has 1 saturated heterocycles. The zero-order valence-electron chi connectivity index (χ0n) is 10.6. The summed E-state index contributed by atoms with van der Waals surface area (Å²) in [5.41, 5.74) is -0.616. The van der Waals surface area contributed by atoms with E-state index in [-0.39, 0.29) is 18.5 Å². The smallest absolute Gasteiger partial charge is 0.167 e. The van der Waals surface area contributed by atoms with Crippen molar-refractivity contribution in [2.75, 3.05) is 26.2 Å². The molecule has 0 aromatic heterocycles. The van der Waals surface area contributed by atoms with Gasteiger partial charge in [-0.05, 0) is 0 Å². The number of nitrogens with zero attached hydrogens (tertiary/aromatic N) is 1. The fourth-order valence-electron chi connectivity index (χ4n) is 2.26. The van der Waals surface area contributed by atoms with Crippen LogP contribution in [0.15, 0.2) is 18.7 Å². The minimum atomic E-state index is -1.39. The van der Waals surface area contributed by atoms with E-state index < -0.39 is 34.9 Å². The molecule has 1 atom stereocenters. The summed E-state index contributed by atoms with van der Waals surface area (Å²) in [7, 11) is 0. The molecule has 0 unspecified atom stereocenters. The van der Waals surface area contributed by atoms with Gasteiger partial charge in [0.05, 0.1) is 11.6 Å². The van der Waals surface area contributed by atoms with Crippen molar-refractivity contribution >= 4 is 12.4 Å². The molecule has 0 saturated carbocycles. The quantitative estimate of drug-likeness (QED) is 0.525. The van der Waals surface area contributed by atoms with E-state index in [4.69, 9.17) is 0 Å². The van der Waals surface area contributed by atoms with Gasteiger partial charge in [0.1, 0.15) is 0 Å². The van der Waals surface area contributed by atoms with Crippen molar-refractivity contribution in [3.8, 4) is 0 Å². The van der Waals surface area contributed by atoms with Crippen LogP contribution in [0.3, 0.4) is 0 Å². The minimum absolute atomic E-state index is 0. The predicted molar refractivity (Wildman–Crippen MR) is 70.9 cm³/mol. The molecule has 1 aliphatic heterocycles. The van der Waals surface area contributed by atoms with Gasteiger partial charge in [-0.2, -0.15) is 0 Å². The van der Waals surface area contributed by atoms with Gasteiger partial charge in [-0.15, -0.1) is 19.0 Å². The molecule has 2 nitrogen and oxygen atoms in total. The average Bonchev–Trinajstić information content (AvgIpc) is 2.42. The number of piperazine rings is 1. The van der Waals surface area contributed by atoms with Crippen molar-refractivity contribution in [2.45, 2.75) is 6.04 Å². The maximum Gasteiger partial charge on any atom is 0.167 e. The molecule has 1 aliphatic rings. The van der Waals surface area contributed by atoms with Crippen LogP contribution < -0.4 is 5.32 Å². The summed E-state index contributed by atoms with van der Waals surface area (Å²) >= 11 is 0. The fraction of sp³-hybridized carbons (Fsp3) is 0.385. The van der Waals surface area contributed by atoms with E-state index in [0.29, 0.717) is 26.2 Å². The summed E-state index contributed by atoms with van der Waals surface area (Å²) in [5, 5.41) is 3.09. The maximum absolute atomic E-state index is 13.8. The van der Waals surface area contributed by atoms with Crippen molar-refractivity contribution in [1.29, 1.82) is 0 Å². The lowest BCUT2D eigenvalue weighted by Gasteiger charge is -2.33. The van der Waals surface area contributed by atoms with E-state index >= 15 is 0 Å². The van der Waals surface area contributed by atoms with Gasteiger partial charge in [-0.25, -0.2) is 17.6 Å². The molecule has 0 aliphatic carbocycles. The van der Waals surface area contributed by atoms with E-state index in [9.17, 15) is 17.6 Å². The molecule has 1 heterocycles. The van der Waals surface area contributed by atoms with E-state index in [1.165, 1.54) is 6.08 Å². The Bertz CT molecular complexity index is 463. The second-order valence-corrected chi connectivity index (χ2v) is 4.35. The lowest BCUT2D eigenvalue weighted by molar-refractivity contribution is 0.195. The molecule has 2 rings (SSSR count). The highest BCUT2D eigenvalue weighted by atomic mass is 35.5. The van der Waals surface area contributed by atoms with Crippen LogP contribution in [-0.2, 0) is 0 Å². The molecular formula is C13H15ClF4N2. The third-order valence-corrected chi connectivity index (χ3v) is 3.21. The summed E-state index contributed by atoms with van der Waals surface area (Å²) in [6.45, 7) is 5.85. The van der Waals surface area contributed by atoms with Gasteiger partial charge in [0.2, 0.25) is 0 Å². The Balaban J connectivity index is 0.00000200. The second-order valence-electron chi connectivity index (χ2n) is 4.35. The Kier molecular flexibility index (Phi) is 5.98. The number of hydrogen-bond donors (Lipinski definition) is 1. The molecule has 1 aromatic rings. The zero-order valence-corrected chi connectivity index (χ0v) is 11.5. The zero-order chi connectivity index (χ0) is 14.0. The minimum Gasteiger partial charge on any atom is -0.314 e. The van der Waals surface area contributed by atoms with Crippen LogP contribution in [0.25, 0.3) is 0 Å². The SMILES string of the molecule is C=C[C@H](c1c(F)c(F)cc(F)c1F)N1CCNCC1.Cl. The molecule has 0 amide bonds. The highest BCUT2D eigenvalue weighted by molar-refractivity contribution is 5.85. The first-order valence-electron chi connectivity index (χ1n) is 5.96. The molecule has 112 valence electrons. The summed E-state index contributed by atoms with van der Waals surface area (Å²) in [5.74, 6) is -5.50. The van der Waals surface area contributed by atoms with Crippen molar-refractivity contribution in [2.24, 2.45) is 0 Å². The predicted octanol–water partition coefficient (Wildman–Crippen LogP) is 2.80. The van der Waals surface area contributed by atoms with Crippen molar-refractivity contribution in [3.05, 3.63) is 47.6 Å². The Hall–Kier alpha value is -1.11. The second kappa shape index (κ2) is 7.06. The fourth-order valence-corrected chi connectivity index (χ4v) is 2.26. The van der Waals surface area contributed by atoms with Crippen molar-refractivity contribution < 1.29 is 17.6 Å². The van der Waals surface area contributed by atoms with E-state index in [1.54, 1.807) is 4.90 Å². The van der Waals surface area contributed by atoms with Crippen LogP contribution in [0, 0.1) is 23.3 Å². The molecule has 0 bridgehead atoms. The number of halogens is 5. The molecular weight excluding hydrogens is 296 g/mol. The third kappa shape index (κ3) is 3.13. The third-order valence-electron chi connectivity index (χ3n) is 3.21. The topological polar surface area (TPSA) is 15.3 Å². The van der Waals surface area contributed by atoms with Gasteiger partial charge in [0.15, 0.2) is 23.3 Å². The lowest BCUT2D eigenvalue weighted by Crippen LogP contribution is -2.45. The first-order valence-corrected chi connectivity index (χ1v) is 5.96. The average molecular weight is 311 g/mol. The van der Waals surface area contributed by atoms with E-state index in [1.807, 2.05) is 0 Å². The number of hydrogen-bond acceptors (Lipinski definition) is 2. The standard InChI is InChI=1S/C13H14F4N2.ClH/c1-2-10(19-5-3-18-4-6-19)11-12(16)8(14)7-9(15)13(11)17;/h2,7,10,18H,1,3-6H2;1H/t10-;/m1./s1. The summed E-state index contributed by atoms with van der Waals surface area (Å²) in [6.07, 6.45) is 1.30. The van der Waals surface area contributed by atoms with Crippen LogP contribution in [0.1, 0.15) is 11.6 Å². The van der Waals surface area contributed by atoms with Gasteiger partial charge >= 0.3 is 0 Å². The Morgan fingerprint density at radius 2 is 1.60 bits per heavy atom. The number of rotatable bonds is 3. The molecule has 0 radical (unpaired) electrons. The summed E-state index contributed by atoms with van der Waals surface area (Å²) < 4.78 is 54.0. The normalized spacial score (nSPS) is 17.4. The maximum atomic E-state index is 13.8. The molecule has 0 spiro atoms. The van der Waals surface area contributed by atoms with E-state index in [2.05, 4.69) is 11.9 Å². The molecule has 1 aromatic carbocycles. The Morgan fingerprint density at radius 3 is 2.05 bits per heavy atom. The summed E-state index contributed by atoms with van der Waals surface area (Å²) in [4.78, 5) is 1.73. The van der Waals surface area contributed by atoms with Crippen LogP contribution in [0.4, 0.5) is 17.6 Å². The lowest BCUT2D eigenvalue weighted by atomic mass is 10.0. The van der Waals surface area contributed by atoms with Crippen LogP contribution in [-0.4, -0.2) is 31.1 Å². The molecule has 20 heavy (non-hydrogen) atoms. The van der Waals surface area contributed by atoms with Gasteiger partial charge in [-0.1, -0.05) is 6.08 Å². The first-order chi connectivity index (χ1) is 9.06. The first kappa shape index (κ1) is 16.9.